The second-order valence-corrected chi connectivity index (χ2v) is 9.88. The number of nitrogens with zero attached hydrogens (tertiary/aromatic N) is 1. The molecule has 1 aromatic rings. The highest BCUT2D eigenvalue weighted by Crippen LogP contribution is 2.39. The third-order valence-electron chi connectivity index (χ3n) is 7.69. The zero-order chi connectivity index (χ0) is 23.3. The normalized spacial score (nSPS) is 24.9. The number of rotatable bonds is 1. The molecule has 1 saturated carbocycles. The summed E-state index contributed by atoms with van der Waals surface area (Å²) in [5.41, 5.74) is 0.632. The predicted octanol–water partition coefficient (Wildman–Crippen LogP) is 2.82. The van der Waals surface area contributed by atoms with E-state index in [2.05, 4.69) is 16.7 Å². The van der Waals surface area contributed by atoms with Crippen LogP contribution in [0.5, 0.6) is 5.75 Å². The molecule has 0 radical (unpaired) electrons. The van der Waals surface area contributed by atoms with Crippen LogP contribution in [0.4, 0.5) is 0 Å². The van der Waals surface area contributed by atoms with Crippen molar-refractivity contribution >= 4 is 17.7 Å². The molecule has 7 nitrogen and oxygen atoms in total. The van der Waals surface area contributed by atoms with Crippen molar-refractivity contribution in [3.05, 3.63) is 29.8 Å². The lowest BCUT2D eigenvalue weighted by molar-refractivity contribution is -0.146. The van der Waals surface area contributed by atoms with Gasteiger partial charge in [-0.2, -0.15) is 0 Å². The number of amides is 3. The molecule has 2 N–H and O–H groups in total. The summed E-state index contributed by atoms with van der Waals surface area (Å²) in [4.78, 5) is 40.7. The molecule has 0 unspecified atom stereocenters. The average molecular weight is 456 g/mol. The summed E-state index contributed by atoms with van der Waals surface area (Å²) in [6.45, 7) is 3.75. The molecule has 1 spiro atoms. The van der Waals surface area contributed by atoms with Crippen molar-refractivity contribution in [2.45, 2.75) is 70.8 Å². The third-order valence-corrected chi connectivity index (χ3v) is 7.69. The van der Waals surface area contributed by atoms with Gasteiger partial charge in [0, 0.05) is 19.0 Å². The molecule has 1 aromatic carbocycles. The fraction of sp³-hybridized carbons (Fsp3) is 0.654. The van der Waals surface area contributed by atoms with Crippen molar-refractivity contribution in [3.63, 3.8) is 0 Å². The average Bonchev–Trinajstić information content (AvgIpc) is 2.79. The molecule has 0 bridgehead atoms. The predicted molar refractivity (Wildman–Crippen MR) is 126 cm³/mol. The van der Waals surface area contributed by atoms with Crippen LogP contribution in [0.2, 0.25) is 0 Å². The third kappa shape index (κ3) is 5.50. The van der Waals surface area contributed by atoms with Crippen LogP contribution in [-0.2, 0) is 20.8 Å². The fourth-order valence-corrected chi connectivity index (χ4v) is 5.19. The first-order chi connectivity index (χ1) is 16.0. The van der Waals surface area contributed by atoms with E-state index in [1.807, 2.05) is 23.1 Å². The molecule has 3 amide bonds. The van der Waals surface area contributed by atoms with Crippen LogP contribution in [-0.4, -0.2) is 54.9 Å². The zero-order valence-corrected chi connectivity index (χ0v) is 19.7. The van der Waals surface area contributed by atoms with E-state index >= 15 is 0 Å². The van der Waals surface area contributed by atoms with Gasteiger partial charge in [-0.05, 0) is 63.5 Å². The smallest absolute Gasteiger partial charge is 0.242 e. The van der Waals surface area contributed by atoms with Gasteiger partial charge in [0.15, 0.2) is 0 Å². The van der Waals surface area contributed by atoms with E-state index in [1.54, 1.807) is 6.92 Å². The second-order valence-electron chi connectivity index (χ2n) is 9.88. The van der Waals surface area contributed by atoms with E-state index in [0.717, 1.165) is 56.3 Å². The molecule has 180 valence electrons. The molecular formula is C26H37N3O4. The topological polar surface area (TPSA) is 87.7 Å². The van der Waals surface area contributed by atoms with E-state index in [9.17, 15) is 14.4 Å². The Labute approximate surface area is 196 Å². The van der Waals surface area contributed by atoms with Crippen molar-refractivity contribution < 1.29 is 19.1 Å². The Morgan fingerprint density at radius 2 is 1.82 bits per heavy atom. The number of carbonyl (C=O) groups excluding carboxylic acids is 3. The van der Waals surface area contributed by atoms with Gasteiger partial charge in [0.1, 0.15) is 18.4 Å². The summed E-state index contributed by atoms with van der Waals surface area (Å²) in [5, 5.41) is 5.83. The quantitative estimate of drug-likeness (QED) is 0.682. The minimum absolute atomic E-state index is 0.0487. The van der Waals surface area contributed by atoms with Crippen molar-refractivity contribution in [2.24, 2.45) is 11.3 Å². The van der Waals surface area contributed by atoms with Gasteiger partial charge in [0.25, 0.3) is 0 Å². The lowest BCUT2D eigenvalue weighted by Crippen LogP contribution is -2.55. The Morgan fingerprint density at radius 3 is 2.55 bits per heavy atom. The summed E-state index contributed by atoms with van der Waals surface area (Å²) < 4.78 is 5.91. The van der Waals surface area contributed by atoms with Crippen molar-refractivity contribution in [2.75, 3.05) is 26.2 Å². The first-order valence-electron chi connectivity index (χ1n) is 12.6. The summed E-state index contributed by atoms with van der Waals surface area (Å²) in [5.74, 6) is 1.06. The van der Waals surface area contributed by atoms with Crippen LogP contribution in [0.3, 0.4) is 0 Å². The standard InChI is InChI=1S/C26H37N3O4/c1-19-23(30)27-15-18-33-22-11-3-2-7-20(22)8-4-5-12-26(25(32)28-19)13-16-29(17-14-26)24(31)21-9-6-10-21/h2-3,7,11,19,21H,4-6,8-10,12-18H2,1H3,(H,27,30)(H,28,32)/t19-/m0/s1. The zero-order valence-electron chi connectivity index (χ0n) is 19.7. The van der Waals surface area contributed by atoms with Gasteiger partial charge in [-0.1, -0.05) is 31.0 Å². The highest BCUT2D eigenvalue weighted by atomic mass is 16.5. The lowest BCUT2D eigenvalue weighted by atomic mass is 9.72. The highest BCUT2D eigenvalue weighted by Gasteiger charge is 2.43. The molecule has 1 aliphatic carbocycles. The van der Waals surface area contributed by atoms with Crippen LogP contribution in [0.15, 0.2) is 24.3 Å². The van der Waals surface area contributed by atoms with Gasteiger partial charge in [0.2, 0.25) is 17.7 Å². The minimum atomic E-state index is -0.610. The van der Waals surface area contributed by atoms with Crippen LogP contribution < -0.4 is 15.4 Å². The summed E-state index contributed by atoms with van der Waals surface area (Å²) in [6, 6.07) is 7.43. The van der Waals surface area contributed by atoms with E-state index in [0.29, 0.717) is 39.1 Å². The Hall–Kier alpha value is -2.57. The number of para-hydroxylation sites is 1. The Bertz CT molecular complexity index is 859. The molecule has 7 heteroatoms. The van der Waals surface area contributed by atoms with Gasteiger partial charge >= 0.3 is 0 Å². The SMILES string of the molecule is C[C@@H]1NC(=O)C2(CCCCc3ccccc3OCCNC1=O)CCN(C(=O)C1CCC1)CC2. The van der Waals surface area contributed by atoms with E-state index in [4.69, 9.17) is 4.74 Å². The number of likely N-dealkylation sites (tertiary alicyclic amines) is 1. The molecule has 33 heavy (non-hydrogen) atoms. The van der Waals surface area contributed by atoms with Crippen molar-refractivity contribution in [1.82, 2.24) is 15.5 Å². The monoisotopic (exact) mass is 455 g/mol. The number of piperidine rings is 1. The molecule has 1 saturated heterocycles. The Morgan fingerprint density at radius 1 is 1.06 bits per heavy atom. The lowest BCUT2D eigenvalue weighted by Gasteiger charge is -2.43. The number of aryl methyl sites for hydroxylation is 1. The summed E-state index contributed by atoms with van der Waals surface area (Å²) >= 11 is 0. The van der Waals surface area contributed by atoms with Gasteiger partial charge in [-0.3, -0.25) is 14.4 Å². The van der Waals surface area contributed by atoms with Crippen molar-refractivity contribution in [1.29, 1.82) is 0 Å². The van der Waals surface area contributed by atoms with Gasteiger partial charge in [-0.25, -0.2) is 0 Å². The number of hydrogen-bond donors (Lipinski definition) is 2. The Balaban J connectivity index is 1.46. The van der Waals surface area contributed by atoms with Gasteiger partial charge in [0.05, 0.1) is 12.0 Å². The number of fused-ring (bicyclic) bond motifs is 1. The number of ether oxygens (including phenoxy) is 1. The van der Waals surface area contributed by atoms with E-state index < -0.39 is 11.5 Å². The van der Waals surface area contributed by atoms with Crippen LogP contribution in [0.25, 0.3) is 0 Å². The van der Waals surface area contributed by atoms with Gasteiger partial charge < -0.3 is 20.3 Å². The first-order valence-corrected chi connectivity index (χ1v) is 12.6. The molecule has 2 heterocycles. The van der Waals surface area contributed by atoms with Crippen LogP contribution in [0, 0.1) is 11.3 Å². The van der Waals surface area contributed by atoms with Crippen LogP contribution in [0.1, 0.15) is 63.9 Å². The number of nitrogens with one attached hydrogen (secondary N) is 2. The molecular weight excluding hydrogens is 418 g/mol. The van der Waals surface area contributed by atoms with Gasteiger partial charge in [-0.15, -0.1) is 0 Å². The maximum absolute atomic E-state index is 13.4. The molecule has 3 aliphatic rings. The fourth-order valence-electron chi connectivity index (χ4n) is 5.19. The molecule has 0 aromatic heterocycles. The maximum Gasteiger partial charge on any atom is 0.242 e. The number of hydrogen-bond acceptors (Lipinski definition) is 4. The largest absolute Gasteiger partial charge is 0.491 e. The maximum atomic E-state index is 13.4. The number of benzene rings is 1. The number of carbonyl (C=O) groups is 3. The second kappa shape index (κ2) is 10.6. The first kappa shape index (κ1) is 23.6. The minimum Gasteiger partial charge on any atom is -0.491 e. The van der Waals surface area contributed by atoms with E-state index in [-0.39, 0.29) is 23.6 Å². The Kier molecular flexibility index (Phi) is 7.56. The van der Waals surface area contributed by atoms with Crippen molar-refractivity contribution in [3.8, 4) is 5.75 Å². The van der Waals surface area contributed by atoms with E-state index in [1.165, 1.54) is 0 Å². The highest BCUT2D eigenvalue weighted by molar-refractivity contribution is 5.90. The summed E-state index contributed by atoms with van der Waals surface area (Å²) in [7, 11) is 0. The molecule has 1 atom stereocenters. The molecule has 4 rings (SSSR count). The molecule has 2 fully saturated rings. The summed E-state index contributed by atoms with van der Waals surface area (Å²) in [6.07, 6.45) is 8.00. The molecule has 2 aliphatic heterocycles. The van der Waals surface area contributed by atoms with Crippen LogP contribution >= 0.6 is 0 Å².